The van der Waals surface area contributed by atoms with Crippen molar-refractivity contribution in [3.63, 3.8) is 0 Å². The highest BCUT2D eigenvalue weighted by Gasteiger charge is 2.20. The van der Waals surface area contributed by atoms with Crippen molar-refractivity contribution < 1.29 is 9.59 Å². The summed E-state index contributed by atoms with van der Waals surface area (Å²) in [7, 11) is 0. The van der Waals surface area contributed by atoms with Crippen LogP contribution >= 0.6 is 0 Å². The standard InChI is InChI=1S/C42H50N6O2/c1-25(2)17-39(49)43-21-35(27(5)6)41-45-23-37(47-41)30-11-9-29(10-12-30)31-13-14-33-20-34(16-15-32(33)19-31)38-24-46-42(48-38)36(28(7)8)22-44-40(50)18-26(3)4/h9-16,19-28,35-36H,17-18H2,1-8H3,(H,45,47)(H,46,48). The topological polar surface area (TPSA) is 116 Å². The number of aromatic nitrogens is 4. The summed E-state index contributed by atoms with van der Waals surface area (Å²) in [6, 6.07) is 21.4. The maximum atomic E-state index is 12.2. The molecule has 260 valence electrons. The average Bonchev–Trinajstić information content (AvgIpc) is 3.75. The van der Waals surface area contributed by atoms with E-state index in [0.29, 0.717) is 12.8 Å². The second-order valence-electron chi connectivity index (χ2n) is 14.8. The van der Waals surface area contributed by atoms with Crippen LogP contribution in [-0.2, 0) is 9.59 Å². The molecular formula is C42H50N6O2. The van der Waals surface area contributed by atoms with Crippen LogP contribution in [0.25, 0.3) is 44.4 Å². The van der Waals surface area contributed by atoms with Crippen LogP contribution in [0.1, 0.15) is 91.7 Å². The highest BCUT2D eigenvalue weighted by molar-refractivity contribution is 5.91. The summed E-state index contributed by atoms with van der Waals surface area (Å²) in [6.45, 7) is 16.5. The first-order valence-corrected chi connectivity index (χ1v) is 17.8. The van der Waals surface area contributed by atoms with Gasteiger partial charge in [0, 0.05) is 30.8 Å². The van der Waals surface area contributed by atoms with Crippen LogP contribution in [-0.4, -0.2) is 44.2 Å². The normalized spacial score (nSPS) is 13.5. The molecule has 0 saturated heterocycles. The molecule has 0 saturated carbocycles. The second-order valence-corrected chi connectivity index (χ2v) is 14.8. The summed E-state index contributed by atoms with van der Waals surface area (Å²) < 4.78 is 0. The van der Waals surface area contributed by atoms with Crippen molar-refractivity contribution in [3.05, 3.63) is 84.7 Å². The fourth-order valence-corrected chi connectivity index (χ4v) is 5.99. The van der Waals surface area contributed by atoms with Crippen LogP contribution in [0.5, 0.6) is 0 Å². The van der Waals surface area contributed by atoms with E-state index in [-0.39, 0.29) is 47.3 Å². The molecule has 5 rings (SSSR count). The Morgan fingerprint density at radius 1 is 0.580 bits per heavy atom. The summed E-state index contributed by atoms with van der Waals surface area (Å²) in [4.78, 5) is 49.1. The Bertz CT molecular complexity index is 1980. The number of H-pyrrole nitrogens is 2. The van der Waals surface area contributed by atoms with Crippen molar-refractivity contribution in [3.8, 4) is 33.6 Å². The van der Waals surface area contributed by atoms with E-state index in [2.05, 4.69) is 118 Å². The smallest absolute Gasteiger partial charge is 0.245 e. The van der Waals surface area contributed by atoms with Crippen molar-refractivity contribution >= 4 is 35.0 Å². The monoisotopic (exact) mass is 670 g/mol. The number of amides is 2. The van der Waals surface area contributed by atoms with Crippen LogP contribution in [0, 0.1) is 23.7 Å². The van der Waals surface area contributed by atoms with Gasteiger partial charge in [-0.15, -0.1) is 0 Å². The Morgan fingerprint density at radius 2 is 0.980 bits per heavy atom. The van der Waals surface area contributed by atoms with Crippen molar-refractivity contribution in [1.29, 1.82) is 0 Å². The number of carbonyl (C=O) groups excluding carboxylic acids is 2. The van der Waals surface area contributed by atoms with Crippen molar-refractivity contribution in [1.82, 2.24) is 19.9 Å². The molecule has 3 aromatic carbocycles. The third-order valence-electron chi connectivity index (χ3n) is 8.86. The maximum Gasteiger partial charge on any atom is 0.245 e. The minimum atomic E-state index is -0.0942. The molecule has 2 N–H and O–H groups in total. The first-order valence-electron chi connectivity index (χ1n) is 17.8. The number of aliphatic imine (C=N–C) groups is 2. The van der Waals surface area contributed by atoms with Gasteiger partial charge in [0.1, 0.15) is 11.6 Å². The van der Waals surface area contributed by atoms with Crippen LogP contribution in [0.15, 0.2) is 83.0 Å². The molecule has 0 spiro atoms. The summed E-state index contributed by atoms with van der Waals surface area (Å²) >= 11 is 0. The minimum absolute atomic E-state index is 0.0738. The zero-order valence-electron chi connectivity index (χ0n) is 30.6. The first-order chi connectivity index (χ1) is 23.9. The number of fused-ring (bicyclic) bond motifs is 1. The number of nitrogens with zero attached hydrogens (tertiary/aromatic N) is 4. The van der Waals surface area contributed by atoms with E-state index in [1.807, 2.05) is 40.1 Å². The van der Waals surface area contributed by atoms with E-state index in [1.165, 1.54) is 0 Å². The third kappa shape index (κ3) is 9.17. The number of aromatic amines is 2. The van der Waals surface area contributed by atoms with Gasteiger partial charge in [-0.2, -0.15) is 0 Å². The van der Waals surface area contributed by atoms with E-state index in [1.54, 1.807) is 12.4 Å². The zero-order valence-corrected chi connectivity index (χ0v) is 30.6. The summed E-state index contributed by atoms with van der Waals surface area (Å²) in [6.07, 6.45) is 8.10. The second kappa shape index (κ2) is 16.2. The van der Waals surface area contributed by atoms with Gasteiger partial charge in [-0.25, -0.2) is 20.0 Å². The zero-order chi connectivity index (χ0) is 35.9. The lowest BCUT2D eigenvalue weighted by Crippen LogP contribution is -2.12. The number of rotatable bonds is 13. The molecule has 5 aromatic rings. The van der Waals surface area contributed by atoms with Crippen LogP contribution < -0.4 is 0 Å². The lowest BCUT2D eigenvalue weighted by atomic mass is 9.96. The Labute approximate surface area is 296 Å². The molecule has 8 nitrogen and oxygen atoms in total. The van der Waals surface area contributed by atoms with Gasteiger partial charge >= 0.3 is 0 Å². The highest BCUT2D eigenvalue weighted by atomic mass is 16.1. The summed E-state index contributed by atoms with van der Waals surface area (Å²) in [5.74, 6) is 2.31. The van der Waals surface area contributed by atoms with Crippen LogP contribution in [0.4, 0.5) is 0 Å². The highest BCUT2D eigenvalue weighted by Crippen LogP contribution is 2.31. The van der Waals surface area contributed by atoms with Crippen molar-refractivity contribution in [2.24, 2.45) is 33.7 Å². The maximum absolute atomic E-state index is 12.2. The number of nitrogens with one attached hydrogen (secondary N) is 2. The number of benzene rings is 3. The van der Waals surface area contributed by atoms with E-state index in [0.717, 1.165) is 56.1 Å². The lowest BCUT2D eigenvalue weighted by Gasteiger charge is -2.13. The van der Waals surface area contributed by atoms with Crippen LogP contribution in [0.2, 0.25) is 0 Å². The first kappa shape index (κ1) is 36.3. The van der Waals surface area contributed by atoms with Gasteiger partial charge in [0.15, 0.2) is 0 Å². The van der Waals surface area contributed by atoms with Gasteiger partial charge in [-0.1, -0.05) is 104 Å². The fourth-order valence-electron chi connectivity index (χ4n) is 5.99. The average molecular weight is 671 g/mol. The van der Waals surface area contributed by atoms with Gasteiger partial charge in [0.25, 0.3) is 0 Å². The molecular weight excluding hydrogens is 621 g/mol. The Balaban J connectivity index is 1.30. The predicted octanol–water partition coefficient (Wildman–Crippen LogP) is 10.1. The molecule has 2 aromatic heterocycles. The van der Waals surface area contributed by atoms with Gasteiger partial charge in [-0.3, -0.25) is 9.59 Å². The van der Waals surface area contributed by atoms with Crippen molar-refractivity contribution in [2.45, 2.75) is 80.1 Å². The molecule has 0 aliphatic carbocycles. The van der Waals surface area contributed by atoms with Gasteiger partial charge in [0.05, 0.1) is 35.6 Å². The van der Waals surface area contributed by atoms with Crippen molar-refractivity contribution in [2.75, 3.05) is 0 Å². The molecule has 2 atom stereocenters. The summed E-state index contributed by atoms with van der Waals surface area (Å²) in [5.41, 5.74) is 6.22. The Hall–Kier alpha value is -4.98. The minimum Gasteiger partial charge on any atom is -0.341 e. The molecule has 0 bridgehead atoms. The van der Waals surface area contributed by atoms with Gasteiger partial charge < -0.3 is 9.97 Å². The third-order valence-corrected chi connectivity index (χ3v) is 8.86. The van der Waals surface area contributed by atoms with Crippen LogP contribution in [0.3, 0.4) is 0 Å². The van der Waals surface area contributed by atoms with Gasteiger partial charge in [-0.05, 0) is 63.3 Å². The predicted molar refractivity (Wildman–Crippen MR) is 206 cm³/mol. The van der Waals surface area contributed by atoms with E-state index in [9.17, 15) is 9.59 Å². The molecule has 0 aliphatic heterocycles. The molecule has 2 heterocycles. The van der Waals surface area contributed by atoms with Gasteiger partial charge in [0.2, 0.25) is 11.8 Å². The molecule has 2 amide bonds. The molecule has 0 radical (unpaired) electrons. The Kier molecular flexibility index (Phi) is 11.7. The molecule has 2 unspecified atom stereocenters. The Morgan fingerprint density at radius 3 is 1.44 bits per heavy atom. The number of carbonyl (C=O) groups is 2. The molecule has 0 aliphatic rings. The lowest BCUT2D eigenvalue weighted by molar-refractivity contribution is -0.119. The molecule has 8 heteroatoms. The molecule has 50 heavy (non-hydrogen) atoms. The van der Waals surface area contributed by atoms with E-state index in [4.69, 9.17) is 0 Å². The van der Waals surface area contributed by atoms with E-state index < -0.39 is 0 Å². The number of hydrogen-bond donors (Lipinski definition) is 2. The molecule has 0 fully saturated rings. The SMILES string of the molecule is CC(C)CC(=O)N=CC(c1ncc(-c2ccc(-c3ccc4cc(-c5cnc(C(C=NC(=O)CC(C)C)C(C)C)[nH]5)ccc4c3)cc2)[nH]1)C(C)C. The largest absolute Gasteiger partial charge is 0.341 e. The summed E-state index contributed by atoms with van der Waals surface area (Å²) in [5, 5.41) is 2.29. The fraction of sp³-hybridized carbons (Fsp3) is 0.381. The quantitative estimate of drug-likeness (QED) is 0.121. The number of imidazole rings is 2. The number of hydrogen-bond acceptors (Lipinski definition) is 4. The van der Waals surface area contributed by atoms with E-state index >= 15 is 0 Å².